The first-order valence-corrected chi connectivity index (χ1v) is 8.04. The van der Waals surface area contributed by atoms with E-state index in [2.05, 4.69) is 39.8 Å². The number of nitrogens with two attached hydrogens (primary N) is 1. The highest BCUT2D eigenvalue weighted by Gasteiger charge is 2.21. The number of thioether (sulfide) groups is 1. The Morgan fingerprint density at radius 1 is 1.15 bits per heavy atom. The summed E-state index contributed by atoms with van der Waals surface area (Å²) in [5, 5.41) is 13.1. The van der Waals surface area contributed by atoms with Crippen molar-refractivity contribution in [3.8, 4) is 0 Å². The maximum absolute atomic E-state index is 5.61. The summed E-state index contributed by atoms with van der Waals surface area (Å²) in [6.07, 6.45) is 4.97. The SMILES string of the molecule is NCc1ccc(CSc2nnnn2C2CCCC2)cc1. The molecule has 6 heteroatoms. The third kappa shape index (κ3) is 3.02. The lowest BCUT2D eigenvalue weighted by atomic mass is 10.1. The summed E-state index contributed by atoms with van der Waals surface area (Å²) in [6.45, 7) is 0.591. The van der Waals surface area contributed by atoms with Gasteiger partial charge in [-0.3, -0.25) is 0 Å². The normalized spacial score (nSPS) is 15.8. The van der Waals surface area contributed by atoms with Crippen molar-refractivity contribution >= 4 is 11.8 Å². The van der Waals surface area contributed by atoms with Gasteiger partial charge in [0.15, 0.2) is 0 Å². The minimum Gasteiger partial charge on any atom is -0.326 e. The Balaban J connectivity index is 1.64. The number of hydrogen-bond acceptors (Lipinski definition) is 5. The van der Waals surface area contributed by atoms with Crippen molar-refractivity contribution in [3.05, 3.63) is 35.4 Å². The predicted octanol–water partition coefficient (Wildman–Crippen LogP) is 2.54. The third-order valence-corrected chi connectivity index (χ3v) is 4.76. The monoisotopic (exact) mass is 289 g/mol. The van der Waals surface area contributed by atoms with Crippen LogP contribution in [0.25, 0.3) is 0 Å². The fraction of sp³-hybridized carbons (Fsp3) is 0.500. The van der Waals surface area contributed by atoms with Crippen molar-refractivity contribution in [2.75, 3.05) is 0 Å². The van der Waals surface area contributed by atoms with Crippen molar-refractivity contribution in [2.24, 2.45) is 5.73 Å². The van der Waals surface area contributed by atoms with Crippen LogP contribution >= 0.6 is 11.8 Å². The van der Waals surface area contributed by atoms with Crippen LogP contribution in [0.5, 0.6) is 0 Å². The van der Waals surface area contributed by atoms with Crippen LogP contribution in [0, 0.1) is 0 Å². The molecule has 20 heavy (non-hydrogen) atoms. The van der Waals surface area contributed by atoms with Crippen LogP contribution in [0.2, 0.25) is 0 Å². The molecular weight excluding hydrogens is 270 g/mol. The lowest BCUT2D eigenvalue weighted by molar-refractivity contribution is 0.423. The summed E-state index contributed by atoms with van der Waals surface area (Å²) in [7, 11) is 0. The van der Waals surface area contributed by atoms with E-state index < -0.39 is 0 Å². The van der Waals surface area contributed by atoms with Gasteiger partial charge in [0.05, 0.1) is 6.04 Å². The molecule has 1 heterocycles. The summed E-state index contributed by atoms with van der Waals surface area (Å²) in [5.74, 6) is 0.887. The van der Waals surface area contributed by atoms with E-state index in [1.54, 1.807) is 11.8 Å². The molecule has 0 aliphatic heterocycles. The second kappa shape index (κ2) is 6.37. The maximum atomic E-state index is 5.61. The van der Waals surface area contributed by atoms with Gasteiger partial charge in [0.2, 0.25) is 5.16 Å². The lowest BCUT2D eigenvalue weighted by Gasteiger charge is -2.10. The fourth-order valence-electron chi connectivity index (χ4n) is 2.58. The molecule has 1 aliphatic rings. The van der Waals surface area contributed by atoms with Crippen LogP contribution in [-0.4, -0.2) is 20.2 Å². The molecule has 0 spiro atoms. The van der Waals surface area contributed by atoms with Gasteiger partial charge in [-0.15, -0.1) is 5.10 Å². The quantitative estimate of drug-likeness (QED) is 0.857. The third-order valence-electron chi connectivity index (χ3n) is 3.76. The molecule has 1 aliphatic carbocycles. The zero-order valence-corrected chi connectivity index (χ0v) is 12.2. The van der Waals surface area contributed by atoms with Gasteiger partial charge in [-0.2, -0.15) is 0 Å². The minimum absolute atomic E-state index is 0.493. The molecule has 0 unspecified atom stereocenters. The van der Waals surface area contributed by atoms with Crippen LogP contribution in [0.4, 0.5) is 0 Å². The summed E-state index contributed by atoms with van der Waals surface area (Å²) in [5.41, 5.74) is 8.04. The van der Waals surface area contributed by atoms with Crippen LogP contribution in [0.15, 0.2) is 29.4 Å². The topological polar surface area (TPSA) is 69.6 Å². The number of rotatable bonds is 5. The molecule has 1 aromatic heterocycles. The molecule has 1 saturated carbocycles. The Bertz CT molecular complexity index is 545. The van der Waals surface area contributed by atoms with Crippen molar-refractivity contribution in [1.29, 1.82) is 0 Å². The smallest absolute Gasteiger partial charge is 0.209 e. The second-order valence-corrected chi connectivity index (χ2v) is 6.10. The summed E-state index contributed by atoms with van der Waals surface area (Å²) >= 11 is 1.70. The Kier molecular flexibility index (Phi) is 4.32. The van der Waals surface area contributed by atoms with E-state index in [0.717, 1.165) is 16.5 Å². The second-order valence-electron chi connectivity index (χ2n) is 5.15. The van der Waals surface area contributed by atoms with E-state index in [-0.39, 0.29) is 0 Å². The molecule has 0 saturated heterocycles. The van der Waals surface area contributed by atoms with Crippen molar-refractivity contribution in [1.82, 2.24) is 20.2 Å². The number of benzene rings is 1. The average Bonchev–Trinajstić information content (AvgIpc) is 3.16. The zero-order valence-electron chi connectivity index (χ0n) is 11.4. The predicted molar refractivity (Wildman–Crippen MR) is 79.2 cm³/mol. The minimum atomic E-state index is 0.493. The molecule has 1 aromatic carbocycles. The highest BCUT2D eigenvalue weighted by molar-refractivity contribution is 7.98. The number of tetrazole rings is 1. The summed E-state index contributed by atoms with van der Waals surface area (Å²) in [4.78, 5) is 0. The highest BCUT2D eigenvalue weighted by Crippen LogP contribution is 2.32. The molecule has 1 fully saturated rings. The number of aromatic nitrogens is 4. The molecule has 2 N–H and O–H groups in total. The first kappa shape index (κ1) is 13.6. The Morgan fingerprint density at radius 3 is 2.55 bits per heavy atom. The van der Waals surface area contributed by atoms with Crippen molar-refractivity contribution in [3.63, 3.8) is 0 Å². The van der Waals surface area contributed by atoms with Crippen LogP contribution < -0.4 is 5.73 Å². The first-order valence-electron chi connectivity index (χ1n) is 7.05. The standard InChI is InChI=1S/C14H19N5S/c15-9-11-5-7-12(8-6-11)10-20-14-16-17-18-19(14)13-3-1-2-4-13/h5-8,13H,1-4,9-10,15H2. The molecule has 106 valence electrons. The summed E-state index contributed by atoms with van der Waals surface area (Å²) in [6, 6.07) is 8.90. The molecule has 0 radical (unpaired) electrons. The van der Waals surface area contributed by atoms with Gasteiger partial charge in [-0.05, 0) is 34.4 Å². The van der Waals surface area contributed by atoms with Gasteiger partial charge < -0.3 is 5.73 Å². The van der Waals surface area contributed by atoms with Gasteiger partial charge in [0.25, 0.3) is 0 Å². The Morgan fingerprint density at radius 2 is 1.85 bits per heavy atom. The van der Waals surface area contributed by atoms with E-state index in [1.165, 1.54) is 31.2 Å². The zero-order chi connectivity index (χ0) is 13.8. The van der Waals surface area contributed by atoms with Crippen molar-refractivity contribution < 1.29 is 0 Å². The van der Waals surface area contributed by atoms with E-state index in [0.29, 0.717) is 12.6 Å². The molecule has 0 amide bonds. The van der Waals surface area contributed by atoms with E-state index in [1.807, 2.05) is 4.68 Å². The van der Waals surface area contributed by atoms with Crippen LogP contribution in [0.1, 0.15) is 42.9 Å². The van der Waals surface area contributed by atoms with E-state index in [9.17, 15) is 0 Å². The van der Waals surface area contributed by atoms with Gasteiger partial charge in [0.1, 0.15) is 0 Å². The number of hydrogen-bond donors (Lipinski definition) is 1. The maximum Gasteiger partial charge on any atom is 0.209 e. The van der Waals surface area contributed by atoms with Gasteiger partial charge in [-0.25, -0.2) is 4.68 Å². The largest absolute Gasteiger partial charge is 0.326 e. The van der Waals surface area contributed by atoms with Crippen molar-refractivity contribution in [2.45, 2.75) is 49.2 Å². The average molecular weight is 289 g/mol. The highest BCUT2D eigenvalue weighted by atomic mass is 32.2. The molecule has 0 bridgehead atoms. The van der Waals surface area contributed by atoms with E-state index >= 15 is 0 Å². The fourth-order valence-corrected chi connectivity index (χ4v) is 3.48. The Hall–Kier alpha value is -1.40. The molecular formula is C14H19N5S. The Labute approximate surface area is 122 Å². The van der Waals surface area contributed by atoms with E-state index in [4.69, 9.17) is 5.73 Å². The molecule has 2 aromatic rings. The van der Waals surface area contributed by atoms with Gasteiger partial charge in [-0.1, -0.05) is 48.9 Å². The molecule has 5 nitrogen and oxygen atoms in total. The first-order chi connectivity index (χ1) is 9.86. The number of nitrogens with zero attached hydrogens (tertiary/aromatic N) is 4. The van der Waals surface area contributed by atoms with Gasteiger partial charge in [0, 0.05) is 12.3 Å². The summed E-state index contributed by atoms with van der Waals surface area (Å²) < 4.78 is 2.01. The van der Waals surface area contributed by atoms with Crippen LogP contribution in [0.3, 0.4) is 0 Å². The van der Waals surface area contributed by atoms with Gasteiger partial charge >= 0.3 is 0 Å². The lowest BCUT2D eigenvalue weighted by Crippen LogP contribution is -2.08. The molecule has 0 atom stereocenters. The van der Waals surface area contributed by atoms with Crippen LogP contribution in [-0.2, 0) is 12.3 Å². The molecule has 3 rings (SSSR count).